The maximum absolute atomic E-state index is 6.18. The fourth-order valence-corrected chi connectivity index (χ4v) is 2.90. The summed E-state index contributed by atoms with van der Waals surface area (Å²) >= 11 is 15.6. The molecular formula is C13H18BrCl2N. The Kier molecular flexibility index (Phi) is 6.28. The van der Waals surface area contributed by atoms with E-state index in [-0.39, 0.29) is 5.54 Å². The molecule has 0 unspecified atom stereocenters. The summed E-state index contributed by atoms with van der Waals surface area (Å²) in [6, 6.07) is 5.95. The van der Waals surface area contributed by atoms with Crippen LogP contribution in [0.25, 0.3) is 0 Å². The first-order valence-corrected chi connectivity index (χ1v) is 7.52. The van der Waals surface area contributed by atoms with Crippen LogP contribution in [0.3, 0.4) is 0 Å². The lowest BCUT2D eigenvalue weighted by molar-refractivity contribution is 0.334. The highest BCUT2D eigenvalue weighted by Gasteiger charge is 2.24. The van der Waals surface area contributed by atoms with Crippen molar-refractivity contribution in [2.24, 2.45) is 0 Å². The van der Waals surface area contributed by atoms with Crippen molar-refractivity contribution in [3.05, 3.63) is 33.3 Å². The first-order chi connectivity index (χ1) is 8.06. The monoisotopic (exact) mass is 337 g/mol. The molecule has 0 saturated heterocycles. The second kappa shape index (κ2) is 6.98. The van der Waals surface area contributed by atoms with Crippen molar-refractivity contribution in [3.8, 4) is 0 Å². The van der Waals surface area contributed by atoms with E-state index >= 15 is 0 Å². The molecule has 0 radical (unpaired) electrons. The molecule has 4 heteroatoms. The molecule has 0 fully saturated rings. The van der Waals surface area contributed by atoms with Crippen LogP contribution < -0.4 is 5.32 Å². The zero-order valence-electron chi connectivity index (χ0n) is 10.2. The van der Waals surface area contributed by atoms with Gasteiger partial charge >= 0.3 is 0 Å². The van der Waals surface area contributed by atoms with E-state index in [1.165, 1.54) is 0 Å². The van der Waals surface area contributed by atoms with Gasteiger partial charge in [-0.2, -0.15) is 0 Å². The van der Waals surface area contributed by atoms with E-state index in [2.05, 4.69) is 35.1 Å². The molecule has 0 bridgehead atoms. The summed E-state index contributed by atoms with van der Waals surface area (Å²) < 4.78 is 1.00. The Morgan fingerprint density at radius 1 is 1.29 bits per heavy atom. The maximum atomic E-state index is 6.18. The Labute approximate surface area is 122 Å². The number of alkyl halides is 1. The quantitative estimate of drug-likeness (QED) is 0.720. The van der Waals surface area contributed by atoms with Crippen LogP contribution in [0.15, 0.2) is 22.7 Å². The van der Waals surface area contributed by atoms with E-state index in [9.17, 15) is 0 Å². The van der Waals surface area contributed by atoms with Crippen LogP contribution >= 0.6 is 39.1 Å². The predicted molar refractivity (Wildman–Crippen MR) is 80.0 cm³/mol. The van der Waals surface area contributed by atoms with E-state index in [0.717, 1.165) is 34.4 Å². The summed E-state index contributed by atoms with van der Waals surface area (Å²) in [6.45, 7) is 5.06. The van der Waals surface area contributed by atoms with Gasteiger partial charge in [0.25, 0.3) is 0 Å². The maximum Gasteiger partial charge on any atom is 0.0462 e. The minimum atomic E-state index is 0.0119. The summed E-state index contributed by atoms with van der Waals surface area (Å²) in [7, 11) is 0. The van der Waals surface area contributed by atoms with E-state index in [0.29, 0.717) is 5.88 Å². The van der Waals surface area contributed by atoms with Crippen molar-refractivity contribution in [3.63, 3.8) is 0 Å². The molecule has 1 N–H and O–H groups in total. The average molecular weight is 339 g/mol. The summed E-state index contributed by atoms with van der Waals surface area (Å²) in [5.74, 6) is 0.619. The summed E-state index contributed by atoms with van der Waals surface area (Å²) in [4.78, 5) is 0. The van der Waals surface area contributed by atoms with Crippen molar-refractivity contribution in [2.75, 3.05) is 5.88 Å². The van der Waals surface area contributed by atoms with Crippen molar-refractivity contribution < 1.29 is 0 Å². The highest BCUT2D eigenvalue weighted by molar-refractivity contribution is 9.10. The van der Waals surface area contributed by atoms with E-state index < -0.39 is 0 Å². The van der Waals surface area contributed by atoms with Gasteiger partial charge in [0, 0.05) is 27.5 Å². The van der Waals surface area contributed by atoms with Gasteiger partial charge in [-0.3, -0.25) is 0 Å². The summed E-state index contributed by atoms with van der Waals surface area (Å²) in [5.41, 5.74) is 1.11. The standard InChI is InChI=1S/C13H18BrCl2N/c1-3-13(4-2,9-15)17-8-10-5-6-11(14)7-12(10)16/h5-7,17H,3-4,8-9H2,1-2H3. The predicted octanol–water partition coefficient (Wildman–Crippen LogP) is 4.99. The number of rotatable bonds is 6. The largest absolute Gasteiger partial charge is 0.306 e. The summed E-state index contributed by atoms with van der Waals surface area (Å²) in [5, 5.41) is 4.31. The van der Waals surface area contributed by atoms with Crippen molar-refractivity contribution >= 4 is 39.1 Å². The van der Waals surface area contributed by atoms with Gasteiger partial charge in [0.1, 0.15) is 0 Å². The first-order valence-electron chi connectivity index (χ1n) is 5.82. The van der Waals surface area contributed by atoms with Crippen molar-refractivity contribution in [2.45, 2.75) is 38.8 Å². The molecule has 1 aromatic rings. The second-order valence-electron chi connectivity index (χ2n) is 4.21. The summed E-state index contributed by atoms with van der Waals surface area (Å²) in [6.07, 6.45) is 2.03. The molecule has 0 aliphatic rings. The fraction of sp³-hybridized carbons (Fsp3) is 0.538. The third-order valence-corrected chi connectivity index (χ3v) is 4.63. The van der Waals surface area contributed by atoms with E-state index in [4.69, 9.17) is 23.2 Å². The molecule has 0 aliphatic heterocycles. The molecule has 17 heavy (non-hydrogen) atoms. The molecule has 96 valence electrons. The van der Waals surface area contributed by atoms with Gasteiger partial charge in [-0.1, -0.05) is 47.4 Å². The Hall–Kier alpha value is 0.240. The number of nitrogens with one attached hydrogen (secondary N) is 1. The first kappa shape index (κ1) is 15.3. The van der Waals surface area contributed by atoms with Gasteiger partial charge in [0.05, 0.1) is 0 Å². The van der Waals surface area contributed by atoms with Gasteiger partial charge in [-0.05, 0) is 30.5 Å². The normalized spacial score (nSPS) is 11.8. The Morgan fingerprint density at radius 3 is 2.41 bits per heavy atom. The van der Waals surface area contributed by atoms with Crippen molar-refractivity contribution in [1.82, 2.24) is 5.32 Å². The molecule has 0 atom stereocenters. The Bertz CT molecular complexity index is 356. The van der Waals surface area contributed by atoms with Crippen molar-refractivity contribution in [1.29, 1.82) is 0 Å². The lowest BCUT2D eigenvalue weighted by Gasteiger charge is -2.31. The average Bonchev–Trinajstić information content (AvgIpc) is 2.33. The second-order valence-corrected chi connectivity index (χ2v) is 5.80. The number of benzene rings is 1. The molecular weight excluding hydrogens is 321 g/mol. The van der Waals surface area contributed by atoms with Gasteiger partial charge in [0.2, 0.25) is 0 Å². The van der Waals surface area contributed by atoms with Gasteiger partial charge in [-0.25, -0.2) is 0 Å². The molecule has 0 spiro atoms. The van der Waals surface area contributed by atoms with Gasteiger partial charge in [-0.15, -0.1) is 11.6 Å². The van der Waals surface area contributed by atoms with Crippen LogP contribution in [0.4, 0.5) is 0 Å². The minimum absolute atomic E-state index is 0.0119. The van der Waals surface area contributed by atoms with Crippen LogP contribution in [-0.4, -0.2) is 11.4 Å². The highest BCUT2D eigenvalue weighted by atomic mass is 79.9. The van der Waals surface area contributed by atoms with Crippen LogP contribution in [0.2, 0.25) is 5.02 Å². The SMILES string of the molecule is CCC(CC)(CCl)NCc1ccc(Br)cc1Cl. The molecule has 1 aromatic carbocycles. The molecule has 0 aliphatic carbocycles. The smallest absolute Gasteiger partial charge is 0.0462 e. The molecule has 0 amide bonds. The number of hydrogen-bond acceptors (Lipinski definition) is 1. The lowest BCUT2D eigenvalue weighted by atomic mass is 9.95. The molecule has 1 rings (SSSR count). The number of hydrogen-bond donors (Lipinski definition) is 1. The third kappa shape index (κ3) is 4.13. The van der Waals surface area contributed by atoms with Gasteiger partial charge < -0.3 is 5.32 Å². The highest BCUT2D eigenvalue weighted by Crippen LogP contribution is 2.23. The zero-order chi connectivity index (χ0) is 12.9. The van der Waals surface area contributed by atoms with Crippen LogP contribution in [-0.2, 0) is 6.54 Å². The number of halogens is 3. The molecule has 1 nitrogen and oxygen atoms in total. The Morgan fingerprint density at radius 2 is 1.94 bits per heavy atom. The van der Waals surface area contributed by atoms with Gasteiger partial charge in [0.15, 0.2) is 0 Å². The molecule has 0 saturated carbocycles. The topological polar surface area (TPSA) is 12.0 Å². The zero-order valence-corrected chi connectivity index (χ0v) is 13.3. The molecule has 0 heterocycles. The minimum Gasteiger partial charge on any atom is -0.306 e. The fourth-order valence-electron chi connectivity index (χ4n) is 1.68. The van der Waals surface area contributed by atoms with E-state index in [1.54, 1.807) is 0 Å². The Balaban J connectivity index is 2.72. The molecule has 0 aromatic heterocycles. The third-order valence-electron chi connectivity index (χ3n) is 3.28. The lowest BCUT2D eigenvalue weighted by Crippen LogP contribution is -2.45. The van der Waals surface area contributed by atoms with E-state index in [1.807, 2.05) is 18.2 Å². The van der Waals surface area contributed by atoms with Crippen LogP contribution in [0.1, 0.15) is 32.3 Å². The van der Waals surface area contributed by atoms with Crippen LogP contribution in [0, 0.1) is 0 Å². The van der Waals surface area contributed by atoms with Crippen LogP contribution in [0.5, 0.6) is 0 Å².